The molecule has 1 aliphatic carbocycles. The van der Waals surface area contributed by atoms with Crippen LogP contribution >= 0.6 is 35.0 Å². The molecule has 2 fully saturated rings. The highest BCUT2D eigenvalue weighted by Crippen LogP contribution is 2.38. The Morgan fingerprint density at radius 1 is 0.972 bits per heavy atom. The van der Waals surface area contributed by atoms with Crippen molar-refractivity contribution >= 4 is 57.8 Å². The van der Waals surface area contributed by atoms with Gasteiger partial charge in [0, 0.05) is 21.7 Å². The smallest absolute Gasteiger partial charge is 0.267 e. The number of benzene rings is 3. The van der Waals surface area contributed by atoms with Crippen molar-refractivity contribution in [2.45, 2.75) is 44.8 Å². The summed E-state index contributed by atoms with van der Waals surface area (Å²) in [6, 6.07) is 23.1. The highest BCUT2D eigenvalue weighted by molar-refractivity contribution is 8.18. The van der Waals surface area contributed by atoms with Crippen molar-refractivity contribution in [1.82, 2.24) is 4.90 Å². The number of hydrogen-bond acceptors (Lipinski definition) is 4. The van der Waals surface area contributed by atoms with E-state index >= 15 is 0 Å². The molecule has 4 nitrogen and oxygen atoms in total. The Balaban J connectivity index is 1.33. The first-order valence-electron chi connectivity index (χ1n) is 12.1. The second-order valence-electron chi connectivity index (χ2n) is 8.90. The number of para-hydroxylation sites is 1. The monoisotopic (exact) mass is 536 g/mol. The van der Waals surface area contributed by atoms with Crippen molar-refractivity contribution in [2.24, 2.45) is 4.99 Å². The second kappa shape index (κ2) is 11.5. The quantitative estimate of drug-likeness (QED) is 0.296. The minimum atomic E-state index is 0.0410. The van der Waals surface area contributed by atoms with Crippen molar-refractivity contribution < 1.29 is 9.53 Å². The van der Waals surface area contributed by atoms with Crippen LogP contribution in [0.15, 0.2) is 82.7 Å². The zero-order chi connectivity index (χ0) is 24.9. The maximum absolute atomic E-state index is 13.5. The first kappa shape index (κ1) is 24.9. The van der Waals surface area contributed by atoms with Gasteiger partial charge in [-0.2, -0.15) is 0 Å². The van der Waals surface area contributed by atoms with Crippen LogP contribution in [0, 0.1) is 0 Å². The summed E-state index contributed by atoms with van der Waals surface area (Å²) in [7, 11) is 0. The van der Waals surface area contributed by atoms with E-state index in [1.807, 2.05) is 71.6 Å². The minimum absolute atomic E-state index is 0.0410. The second-order valence-corrected chi connectivity index (χ2v) is 10.8. The fourth-order valence-electron chi connectivity index (χ4n) is 4.45. The third-order valence-electron chi connectivity index (χ3n) is 6.35. The molecule has 1 amide bonds. The van der Waals surface area contributed by atoms with Gasteiger partial charge in [0.25, 0.3) is 5.91 Å². The molecule has 0 N–H and O–H groups in total. The van der Waals surface area contributed by atoms with Crippen molar-refractivity contribution in [3.63, 3.8) is 0 Å². The van der Waals surface area contributed by atoms with Crippen LogP contribution in [-0.2, 0) is 11.4 Å². The summed E-state index contributed by atoms with van der Waals surface area (Å²) in [6.07, 6.45) is 7.53. The summed E-state index contributed by atoms with van der Waals surface area (Å²) in [4.78, 5) is 21.0. The number of ether oxygens (including phenoxy) is 1. The third kappa shape index (κ3) is 5.97. The van der Waals surface area contributed by atoms with Gasteiger partial charge >= 0.3 is 0 Å². The standard InChI is InChI=1S/C29H26Cl2N2O2S/c30-22-14-13-21(26(31)18-22)19-35-25-15-11-20(12-16-25)17-27-28(34)33(24-9-5-2-6-10-24)29(36-27)32-23-7-3-1-4-8-23/h1,3-4,7-8,11-18,24H,2,5-6,9-10,19H2/b27-17-,32-29?. The molecule has 1 heterocycles. The molecule has 0 unspecified atom stereocenters. The molecule has 3 aromatic carbocycles. The molecule has 5 rings (SSSR count). The van der Waals surface area contributed by atoms with Crippen molar-refractivity contribution in [3.05, 3.63) is 98.9 Å². The van der Waals surface area contributed by atoms with E-state index in [2.05, 4.69) is 0 Å². The van der Waals surface area contributed by atoms with Crippen LogP contribution in [-0.4, -0.2) is 22.0 Å². The lowest BCUT2D eigenvalue weighted by Crippen LogP contribution is -2.40. The van der Waals surface area contributed by atoms with Crippen LogP contribution < -0.4 is 4.74 Å². The van der Waals surface area contributed by atoms with Crippen molar-refractivity contribution in [3.8, 4) is 5.75 Å². The van der Waals surface area contributed by atoms with Gasteiger partial charge in [-0.25, -0.2) is 4.99 Å². The lowest BCUT2D eigenvalue weighted by atomic mass is 9.94. The Labute approximate surface area is 226 Å². The first-order chi connectivity index (χ1) is 17.6. The number of amidine groups is 1. The number of halogens is 2. The maximum Gasteiger partial charge on any atom is 0.267 e. The Bertz CT molecular complexity index is 1290. The topological polar surface area (TPSA) is 41.9 Å². The largest absolute Gasteiger partial charge is 0.489 e. The molecule has 1 saturated heterocycles. The molecule has 7 heteroatoms. The van der Waals surface area contributed by atoms with Crippen LogP contribution in [0.25, 0.3) is 6.08 Å². The number of carbonyl (C=O) groups is 1. The van der Waals surface area contributed by atoms with Crippen LogP contribution in [0.1, 0.15) is 43.2 Å². The minimum Gasteiger partial charge on any atom is -0.489 e. The van der Waals surface area contributed by atoms with Gasteiger partial charge in [0.1, 0.15) is 12.4 Å². The highest BCUT2D eigenvalue weighted by Gasteiger charge is 2.38. The van der Waals surface area contributed by atoms with Crippen LogP contribution in [0.5, 0.6) is 5.75 Å². The summed E-state index contributed by atoms with van der Waals surface area (Å²) >= 11 is 13.7. The van der Waals surface area contributed by atoms with E-state index in [-0.39, 0.29) is 11.9 Å². The third-order valence-corrected chi connectivity index (χ3v) is 7.91. The van der Waals surface area contributed by atoms with Gasteiger partial charge in [-0.3, -0.25) is 9.69 Å². The molecule has 184 valence electrons. The molecule has 3 aromatic rings. The number of amides is 1. The molecule has 1 saturated carbocycles. The Morgan fingerprint density at radius 2 is 1.72 bits per heavy atom. The SMILES string of the molecule is O=C1/C(=C/c2ccc(OCc3ccc(Cl)cc3Cl)cc2)SC(=Nc2ccccc2)N1C1CCCCC1. The molecule has 0 bridgehead atoms. The highest BCUT2D eigenvalue weighted by atomic mass is 35.5. The molecule has 1 aliphatic heterocycles. The summed E-state index contributed by atoms with van der Waals surface area (Å²) in [6.45, 7) is 0.348. The van der Waals surface area contributed by atoms with Gasteiger partial charge in [0.2, 0.25) is 0 Å². The Kier molecular flexibility index (Phi) is 8.00. The fraction of sp³-hybridized carbons (Fsp3) is 0.241. The summed E-state index contributed by atoms with van der Waals surface area (Å²) in [5.41, 5.74) is 2.66. The van der Waals surface area contributed by atoms with Crippen molar-refractivity contribution in [2.75, 3.05) is 0 Å². The lowest BCUT2D eigenvalue weighted by molar-refractivity contribution is -0.124. The van der Waals surface area contributed by atoms with Gasteiger partial charge in [-0.05, 0) is 72.6 Å². The van der Waals surface area contributed by atoms with Crippen molar-refractivity contribution in [1.29, 1.82) is 0 Å². The molecule has 36 heavy (non-hydrogen) atoms. The average molecular weight is 538 g/mol. The van der Waals surface area contributed by atoms with E-state index in [1.165, 1.54) is 18.2 Å². The number of rotatable bonds is 6. The number of aliphatic imine (C=N–C) groups is 1. The number of hydrogen-bond donors (Lipinski definition) is 0. The van der Waals surface area contributed by atoms with Crippen LogP contribution in [0.2, 0.25) is 10.0 Å². The molecule has 0 spiro atoms. The molecule has 0 radical (unpaired) electrons. The average Bonchev–Trinajstić information content (AvgIpc) is 3.19. The van der Waals surface area contributed by atoms with E-state index in [9.17, 15) is 4.79 Å². The molecular weight excluding hydrogens is 511 g/mol. The zero-order valence-corrected chi connectivity index (χ0v) is 22.0. The lowest BCUT2D eigenvalue weighted by Gasteiger charge is -2.30. The predicted octanol–water partition coefficient (Wildman–Crippen LogP) is 8.51. The fourth-order valence-corrected chi connectivity index (χ4v) is 5.97. The number of nitrogens with zero attached hydrogens (tertiary/aromatic N) is 2. The van der Waals surface area contributed by atoms with E-state index in [4.69, 9.17) is 32.9 Å². The molecule has 0 atom stereocenters. The summed E-state index contributed by atoms with van der Waals surface area (Å²) in [5.74, 6) is 0.767. The molecular formula is C29H26Cl2N2O2S. The summed E-state index contributed by atoms with van der Waals surface area (Å²) in [5, 5.41) is 1.94. The van der Waals surface area contributed by atoms with E-state index in [0.29, 0.717) is 21.6 Å². The van der Waals surface area contributed by atoms with Gasteiger partial charge in [-0.15, -0.1) is 0 Å². The van der Waals surface area contributed by atoms with Gasteiger partial charge in [0.15, 0.2) is 5.17 Å². The first-order valence-corrected chi connectivity index (χ1v) is 13.7. The number of carbonyl (C=O) groups excluding carboxylic acids is 1. The van der Waals surface area contributed by atoms with Gasteiger partial charge in [0.05, 0.1) is 10.6 Å². The van der Waals surface area contributed by atoms with Gasteiger partial charge in [-0.1, -0.05) is 78.9 Å². The van der Waals surface area contributed by atoms with Crippen LogP contribution in [0.4, 0.5) is 5.69 Å². The Morgan fingerprint density at radius 3 is 2.44 bits per heavy atom. The number of thioether (sulfide) groups is 1. The van der Waals surface area contributed by atoms with E-state index in [1.54, 1.807) is 12.1 Å². The van der Waals surface area contributed by atoms with E-state index < -0.39 is 0 Å². The molecule has 2 aliphatic rings. The Hall–Kier alpha value is -2.73. The maximum atomic E-state index is 13.5. The predicted molar refractivity (Wildman–Crippen MR) is 150 cm³/mol. The van der Waals surface area contributed by atoms with E-state index in [0.717, 1.165) is 53.4 Å². The summed E-state index contributed by atoms with van der Waals surface area (Å²) < 4.78 is 5.89. The zero-order valence-electron chi connectivity index (χ0n) is 19.7. The van der Waals surface area contributed by atoms with Gasteiger partial charge < -0.3 is 4.74 Å². The molecule has 0 aromatic heterocycles. The van der Waals surface area contributed by atoms with Crippen LogP contribution in [0.3, 0.4) is 0 Å². The normalized spacial score (nSPS) is 18.8.